The van der Waals surface area contributed by atoms with Crippen molar-refractivity contribution in [2.75, 3.05) is 5.73 Å². The summed E-state index contributed by atoms with van der Waals surface area (Å²) in [6.45, 7) is 1.74. The van der Waals surface area contributed by atoms with E-state index in [1.807, 2.05) is 0 Å². The molecule has 72 valence electrons. The quantitative estimate of drug-likeness (QED) is 0.732. The molecule has 0 aliphatic carbocycles. The Labute approximate surface area is 85.7 Å². The molecule has 0 saturated carbocycles. The van der Waals surface area contributed by atoms with Crippen LogP contribution in [0.25, 0.3) is 11.5 Å². The van der Waals surface area contributed by atoms with Crippen LogP contribution in [0.4, 0.5) is 5.69 Å². The Kier molecular flexibility index (Phi) is 2.13. The van der Waals surface area contributed by atoms with Gasteiger partial charge in [-0.05, 0) is 25.1 Å². The first-order valence-electron chi connectivity index (χ1n) is 4.02. The standard InChI is InChI=1S/C9H8ClN3O/c1-5-12-9(14-13-5)7-4-6(10)2-3-8(7)11/h2-4H,11H2,1H3. The van der Waals surface area contributed by atoms with Gasteiger partial charge in [-0.25, -0.2) is 0 Å². The van der Waals surface area contributed by atoms with Crippen LogP contribution in [-0.4, -0.2) is 10.1 Å². The van der Waals surface area contributed by atoms with Crippen molar-refractivity contribution < 1.29 is 4.52 Å². The van der Waals surface area contributed by atoms with Crippen LogP contribution in [0.1, 0.15) is 5.82 Å². The molecule has 1 heterocycles. The molecule has 2 N–H and O–H groups in total. The first-order valence-corrected chi connectivity index (χ1v) is 4.40. The van der Waals surface area contributed by atoms with Crippen molar-refractivity contribution in [1.29, 1.82) is 0 Å². The highest BCUT2D eigenvalue weighted by atomic mass is 35.5. The maximum Gasteiger partial charge on any atom is 0.260 e. The van der Waals surface area contributed by atoms with Gasteiger partial charge in [-0.1, -0.05) is 16.8 Å². The second-order valence-corrected chi connectivity index (χ2v) is 3.31. The summed E-state index contributed by atoms with van der Waals surface area (Å²) >= 11 is 5.83. The molecular weight excluding hydrogens is 202 g/mol. The third kappa shape index (κ3) is 1.56. The van der Waals surface area contributed by atoms with Crippen molar-refractivity contribution in [2.45, 2.75) is 6.92 Å². The lowest BCUT2D eigenvalue weighted by Crippen LogP contribution is -1.89. The van der Waals surface area contributed by atoms with Crippen molar-refractivity contribution in [1.82, 2.24) is 10.1 Å². The van der Waals surface area contributed by atoms with E-state index >= 15 is 0 Å². The van der Waals surface area contributed by atoms with E-state index in [2.05, 4.69) is 10.1 Å². The molecule has 0 aliphatic rings. The molecule has 0 amide bonds. The smallest absolute Gasteiger partial charge is 0.260 e. The van der Waals surface area contributed by atoms with E-state index in [1.54, 1.807) is 25.1 Å². The van der Waals surface area contributed by atoms with Gasteiger partial charge < -0.3 is 10.3 Å². The summed E-state index contributed by atoms with van der Waals surface area (Å²) in [7, 11) is 0. The normalized spacial score (nSPS) is 10.4. The topological polar surface area (TPSA) is 64.9 Å². The lowest BCUT2D eigenvalue weighted by molar-refractivity contribution is 0.426. The Bertz CT molecular complexity index is 467. The van der Waals surface area contributed by atoms with Gasteiger partial charge in [-0.3, -0.25) is 0 Å². The van der Waals surface area contributed by atoms with Crippen LogP contribution in [0.15, 0.2) is 22.7 Å². The van der Waals surface area contributed by atoms with Crippen molar-refractivity contribution in [2.24, 2.45) is 0 Å². The van der Waals surface area contributed by atoms with E-state index in [-0.39, 0.29) is 0 Å². The van der Waals surface area contributed by atoms with Gasteiger partial charge in [0.2, 0.25) is 0 Å². The van der Waals surface area contributed by atoms with Gasteiger partial charge in [0.25, 0.3) is 5.89 Å². The Balaban J connectivity index is 2.55. The number of benzene rings is 1. The zero-order chi connectivity index (χ0) is 10.1. The number of nitrogens with two attached hydrogens (primary N) is 1. The fourth-order valence-electron chi connectivity index (χ4n) is 1.12. The number of nitrogens with zero attached hydrogens (tertiary/aromatic N) is 2. The van der Waals surface area contributed by atoms with Gasteiger partial charge in [0.05, 0.1) is 5.56 Å². The third-order valence-corrected chi connectivity index (χ3v) is 2.01. The molecule has 14 heavy (non-hydrogen) atoms. The summed E-state index contributed by atoms with van der Waals surface area (Å²) < 4.78 is 4.99. The molecule has 1 aromatic heterocycles. The minimum atomic E-state index is 0.391. The van der Waals surface area contributed by atoms with Gasteiger partial charge in [0.15, 0.2) is 5.82 Å². The second kappa shape index (κ2) is 3.31. The van der Waals surface area contributed by atoms with Gasteiger partial charge in [-0.15, -0.1) is 0 Å². The number of nitrogen functional groups attached to an aromatic ring is 1. The third-order valence-electron chi connectivity index (χ3n) is 1.77. The summed E-state index contributed by atoms with van der Waals surface area (Å²) in [6, 6.07) is 5.12. The van der Waals surface area contributed by atoms with Crippen LogP contribution < -0.4 is 5.73 Å². The molecule has 1 aromatic carbocycles. The fourth-order valence-corrected chi connectivity index (χ4v) is 1.29. The highest BCUT2D eigenvalue weighted by molar-refractivity contribution is 6.31. The number of aryl methyl sites for hydroxylation is 1. The Morgan fingerprint density at radius 3 is 2.86 bits per heavy atom. The maximum atomic E-state index is 5.83. The monoisotopic (exact) mass is 209 g/mol. The largest absolute Gasteiger partial charge is 0.398 e. The molecule has 0 saturated heterocycles. The van der Waals surface area contributed by atoms with Crippen LogP contribution in [0.2, 0.25) is 5.02 Å². The highest BCUT2D eigenvalue weighted by Crippen LogP contribution is 2.27. The predicted octanol–water partition coefficient (Wildman–Crippen LogP) is 2.28. The molecule has 0 fully saturated rings. The SMILES string of the molecule is Cc1noc(-c2cc(Cl)ccc2N)n1. The number of anilines is 1. The van der Waals surface area contributed by atoms with Crippen LogP contribution in [-0.2, 0) is 0 Å². The first kappa shape index (κ1) is 9.02. The van der Waals surface area contributed by atoms with Crippen LogP contribution in [0, 0.1) is 6.92 Å². The van der Waals surface area contributed by atoms with Gasteiger partial charge >= 0.3 is 0 Å². The van der Waals surface area contributed by atoms with Crippen molar-refractivity contribution in [3.8, 4) is 11.5 Å². The lowest BCUT2D eigenvalue weighted by atomic mass is 10.2. The number of rotatable bonds is 1. The molecule has 0 aliphatic heterocycles. The van der Waals surface area contributed by atoms with E-state index < -0.39 is 0 Å². The van der Waals surface area contributed by atoms with Crippen LogP contribution >= 0.6 is 11.6 Å². The summed E-state index contributed by atoms with van der Waals surface area (Å²) in [5, 5.41) is 4.27. The number of hydrogen-bond acceptors (Lipinski definition) is 4. The van der Waals surface area contributed by atoms with E-state index in [9.17, 15) is 0 Å². The Morgan fingerprint density at radius 1 is 1.43 bits per heavy atom. The molecular formula is C9H8ClN3O. The Hall–Kier alpha value is -1.55. The number of halogens is 1. The van der Waals surface area contributed by atoms with Gasteiger partial charge in [0.1, 0.15) is 0 Å². The van der Waals surface area contributed by atoms with E-state index in [4.69, 9.17) is 21.9 Å². The molecule has 0 unspecified atom stereocenters. The minimum Gasteiger partial charge on any atom is -0.398 e. The molecule has 0 atom stereocenters. The number of aromatic nitrogens is 2. The average molecular weight is 210 g/mol. The number of hydrogen-bond donors (Lipinski definition) is 1. The fraction of sp³-hybridized carbons (Fsp3) is 0.111. The van der Waals surface area contributed by atoms with Crippen molar-refractivity contribution in [3.05, 3.63) is 29.0 Å². The average Bonchev–Trinajstić information content (AvgIpc) is 2.56. The van der Waals surface area contributed by atoms with E-state index in [0.29, 0.717) is 28.0 Å². The zero-order valence-corrected chi connectivity index (χ0v) is 8.25. The van der Waals surface area contributed by atoms with Crippen LogP contribution in [0.5, 0.6) is 0 Å². The highest BCUT2D eigenvalue weighted by Gasteiger charge is 2.09. The molecule has 5 heteroatoms. The second-order valence-electron chi connectivity index (χ2n) is 2.88. The van der Waals surface area contributed by atoms with E-state index in [0.717, 1.165) is 0 Å². The molecule has 2 rings (SSSR count). The molecule has 0 radical (unpaired) electrons. The van der Waals surface area contributed by atoms with Gasteiger partial charge in [0, 0.05) is 10.7 Å². The molecule has 4 nitrogen and oxygen atoms in total. The molecule has 0 bridgehead atoms. The van der Waals surface area contributed by atoms with Crippen molar-refractivity contribution in [3.63, 3.8) is 0 Å². The summed E-state index contributed by atoms with van der Waals surface area (Å²) in [4.78, 5) is 4.07. The maximum absolute atomic E-state index is 5.83. The lowest BCUT2D eigenvalue weighted by Gasteiger charge is -1.99. The van der Waals surface area contributed by atoms with E-state index in [1.165, 1.54) is 0 Å². The minimum absolute atomic E-state index is 0.391. The van der Waals surface area contributed by atoms with Gasteiger partial charge in [-0.2, -0.15) is 4.98 Å². The first-order chi connectivity index (χ1) is 6.66. The van der Waals surface area contributed by atoms with Crippen molar-refractivity contribution >= 4 is 17.3 Å². The predicted molar refractivity (Wildman–Crippen MR) is 53.9 cm³/mol. The summed E-state index contributed by atoms with van der Waals surface area (Å²) in [5.74, 6) is 0.960. The molecule has 2 aromatic rings. The van der Waals surface area contributed by atoms with Crippen LogP contribution in [0.3, 0.4) is 0 Å². The zero-order valence-electron chi connectivity index (χ0n) is 7.49. The molecule has 0 spiro atoms. The summed E-state index contributed by atoms with van der Waals surface area (Å²) in [5.41, 5.74) is 6.98. The summed E-state index contributed by atoms with van der Waals surface area (Å²) in [6.07, 6.45) is 0. The Morgan fingerprint density at radius 2 is 2.21 bits per heavy atom.